The maximum Gasteiger partial charge on any atom is 0.228 e. The highest BCUT2D eigenvalue weighted by molar-refractivity contribution is 5.91. The van der Waals surface area contributed by atoms with Gasteiger partial charge in [-0.1, -0.05) is 35.5 Å². The van der Waals surface area contributed by atoms with Crippen molar-refractivity contribution in [2.24, 2.45) is 5.92 Å². The van der Waals surface area contributed by atoms with Crippen molar-refractivity contribution in [3.05, 3.63) is 54.2 Å². The predicted molar refractivity (Wildman–Crippen MR) is 109 cm³/mol. The number of amides is 2. The van der Waals surface area contributed by atoms with Crippen molar-refractivity contribution in [1.82, 2.24) is 15.0 Å². The Morgan fingerprint density at radius 2 is 1.97 bits per heavy atom. The van der Waals surface area contributed by atoms with Crippen molar-refractivity contribution >= 4 is 17.6 Å². The Morgan fingerprint density at radius 1 is 1.20 bits per heavy atom. The molecule has 1 aromatic carbocycles. The number of hydrogen-bond donors (Lipinski definition) is 1. The van der Waals surface area contributed by atoms with Crippen LogP contribution < -0.4 is 5.32 Å². The van der Waals surface area contributed by atoms with Gasteiger partial charge in [-0.05, 0) is 19.8 Å². The number of rotatable bonds is 6. The highest BCUT2D eigenvalue weighted by atomic mass is 16.5. The lowest BCUT2D eigenvalue weighted by Crippen LogP contribution is -2.41. The summed E-state index contributed by atoms with van der Waals surface area (Å²) in [6.45, 7) is 2.90. The van der Waals surface area contributed by atoms with E-state index in [0.717, 1.165) is 5.56 Å². The molecule has 2 amide bonds. The lowest BCUT2D eigenvalue weighted by molar-refractivity contribution is -0.134. The van der Waals surface area contributed by atoms with Crippen LogP contribution in [-0.4, -0.2) is 39.9 Å². The summed E-state index contributed by atoms with van der Waals surface area (Å²) in [5, 5.41) is 6.55. The summed E-state index contributed by atoms with van der Waals surface area (Å²) < 4.78 is 10.7. The van der Waals surface area contributed by atoms with Crippen molar-refractivity contribution in [3.63, 3.8) is 0 Å². The van der Waals surface area contributed by atoms with Gasteiger partial charge in [0, 0.05) is 43.5 Å². The second-order valence-corrected chi connectivity index (χ2v) is 7.45. The van der Waals surface area contributed by atoms with Gasteiger partial charge in [0.25, 0.3) is 0 Å². The van der Waals surface area contributed by atoms with Gasteiger partial charge in [0.2, 0.25) is 11.8 Å². The molecule has 1 fully saturated rings. The van der Waals surface area contributed by atoms with Crippen molar-refractivity contribution in [2.75, 3.05) is 18.4 Å². The Morgan fingerprint density at radius 3 is 2.67 bits per heavy atom. The van der Waals surface area contributed by atoms with E-state index in [0.29, 0.717) is 62.0 Å². The average Bonchev–Trinajstić information content (AvgIpc) is 3.41. The Labute approximate surface area is 174 Å². The van der Waals surface area contributed by atoms with Crippen LogP contribution in [0.3, 0.4) is 0 Å². The number of benzene rings is 1. The van der Waals surface area contributed by atoms with Crippen LogP contribution in [0.4, 0.5) is 5.82 Å². The van der Waals surface area contributed by atoms with E-state index in [2.05, 4.69) is 15.5 Å². The molecule has 0 aliphatic carbocycles. The third-order valence-corrected chi connectivity index (χ3v) is 5.26. The fourth-order valence-corrected chi connectivity index (χ4v) is 3.58. The van der Waals surface area contributed by atoms with Gasteiger partial charge in [0.15, 0.2) is 17.5 Å². The number of anilines is 1. The molecule has 0 spiro atoms. The zero-order chi connectivity index (χ0) is 20.9. The molecule has 0 atom stereocenters. The zero-order valence-electron chi connectivity index (χ0n) is 16.8. The summed E-state index contributed by atoms with van der Waals surface area (Å²) in [7, 11) is 0. The van der Waals surface area contributed by atoms with Gasteiger partial charge in [0.05, 0.1) is 6.20 Å². The van der Waals surface area contributed by atoms with E-state index in [1.807, 2.05) is 35.2 Å². The first-order valence-corrected chi connectivity index (χ1v) is 10.1. The minimum Gasteiger partial charge on any atom is -0.441 e. The lowest BCUT2D eigenvalue weighted by Gasteiger charge is -2.31. The fourth-order valence-electron chi connectivity index (χ4n) is 3.58. The molecule has 156 valence electrons. The van der Waals surface area contributed by atoms with Gasteiger partial charge >= 0.3 is 0 Å². The average molecular weight is 408 g/mol. The molecule has 1 N–H and O–H groups in total. The lowest BCUT2D eigenvalue weighted by atomic mass is 9.95. The van der Waals surface area contributed by atoms with E-state index >= 15 is 0 Å². The van der Waals surface area contributed by atoms with E-state index in [1.54, 1.807) is 19.2 Å². The van der Waals surface area contributed by atoms with Gasteiger partial charge in [-0.25, -0.2) is 4.98 Å². The van der Waals surface area contributed by atoms with Crippen LogP contribution >= 0.6 is 0 Å². The van der Waals surface area contributed by atoms with Crippen LogP contribution in [0, 0.1) is 12.8 Å². The summed E-state index contributed by atoms with van der Waals surface area (Å²) in [5.74, 6) is 2.17. The predicted octanol–water partition coefficient (Wildman–Crippen LogP) is 3.45. The number of hydrogen-bond acceptors (Lipinski definition) is 6. The molecular formula is C22H24N4O4. The number of aryl methyl sites for hydroxylation is 2. The molecule has 30 heavy (non-hydrogen) atoms. The van der Waals surface area contributed by atoms with Crippen molar-refractivity contribution in [1.29, 1.82) is 0 Å². The smallest absolute Gasteiger partial charge is 0.228 e. The van der Waals surface area contributed by atoms with Gasteiger partial charge in [-0.2, -0.15) is 0 Å². The van der Waals surface area contributed by atoms with Crippen LogP contribution in [0.15, 0.2) is 51.5 Å². The number of likely N-dealkylation sites (tertiary alicyclic amines) is 1. The number of piperidine rings is 1. The fraction of sp³-hybridized carbons (Fsp3) is 0.364. The quantitative estimate of drug-likeness (QED) is 0.670. The second-order valence-electron chi connectivity index (χ2n) is 7.45. The summed E-state index contributed by atoms with van der Waals surface area (Å²) >= 11 is 0. The highest BCUT2D eigenvalue weighted by Gasteiger charge is 2.27. The number of oxazole rings is 1. The molecule has 1 saturated heterocycles. The van der Waals surface area contributed by atoms with Crippen LogP contribution in [0.25, 0.3) is 11.3 Å². The molecule has 2 aromatic heterocycles. The number of carbonyl (C=O) groups is 2. The number of carbonyl (C=O) groups excluding carboxylic acids is 2. The molecule has 3 heterocycles. The molecule has 3 aromatic rings. The molecule has 8 heteroatoms. The monoisotopic (exact) mass is 408 g/mol. The van der Waals surface area contributed by atoms with Crippen LogP contribution in [0.1, 0.15) is 30.9 Å². The Kier molecular flexibility index (Phi) is 5.92. The second kappa shape index (κ2) is 8.94. The number of nitrogens with zero attached hydrogens (tertiary/aromatic N) is 3. The zero-order valence-corrected chi connectivity index (χ0v) is 16.8. The number of aromatic nitrogens is 2. The van der Waals surface area contributed by atoms with Crippen molar-refractivity contribution in [3.8, 4) is 11.3 Å². The van der Waals surface area contributed by atoms with Crippen molar-refractivity contribution < 1.29 is 18.5 Å². The highest BCUT2D eigenvalue weighted by Crippen LogP contribution is 2.22. The molecule has 4 rings (SSSR count). The van der Waals surface area contributed by atoms with Gasteiger partial charge in [-0.3, -0.25) is 9.59 Å². The summed E-state index contributed by atoms with van der Waals surface area (Å²) in [6.07, 6.45) is 3.74. The summed E-state index contributed by atoms with van der Waals surface area (Å²) in [4.78, 5) is 31.0. The first-order valence-electron chi connectivity index (χ1n) is 10.1. The van der Waals surface area contributed by atoms with Gasteiger partial charge < -0.3 is 19.2 Å². The molecule has 0 bridgehead atoms. The summed E-state index contributed by atoms with van der Waals surface area (Å²) in [5.41, 5.74) is 0.962. The summed E-state index contributed by atoms with van der Waals surface area (Å²) in [6, 6.07) is 11.4. The molecule has 0 unspecified atom stereocenters. The minimum atomic E-state index is -0.133. The van der Waals surface area contributed by atoms with Gasteiger partial charge in [0.1, 0.15) is 5.76 Å². The third-order valence-electron chi connectivity index (χ3n) is 5.26. The maximum atomic E-state index is 12.6. The SMILES string of the molecule is Cc1cc(NC(=O)C2CCN(C(=O)CCc3ncc(-c4ccccc4)o3)CC2)no1. The molecule has 0 radical (unpaired) electrons. The van der Waals surface area contributed by atoms with Crippen LogP contribution in [-0.2, 0) is 16.0 Å². The Bertz CT molecular complexity index is 1000. The molecule has 0 saturated carbocycles. The largest absolute Gasteiger partial charge is 0.441 e. The molecule has 1 aliphatic rings. The standard InChI is InChI=1S/C22H24N4O4/c1-15-13-19(25-30-15)24-22(28)17-9-11-26(12-10-17)21(27)8-7-20-23-14-18(29-20)16-5-3-2-4-6-16/h2-6,13-14,17H,7-12H2,1H3,(H,24,25,28). The van der Waals surface area contributed by atoms with E-state index in [4.69, 9.17) is 8.94 Å². The van der Waals surface area contributed by atoms with Crippen LogP contribution in [0.5, 0.6) is 0 Å². The molecular weight excluding hydrogens is 384 g/mol. The minimum absolute atomic E-state index is 0.0560. The van der Waals surface area contributed by atoms with E-state index in [1.165, 1.54) is 0 Å². The Balaban J connectivity index is 1.23. The van der Waals surface area contributed by atoms with E-state index in [9.17, 15) is 9.59 Å². The first kappa shape index (κ1) is 19.9. The van der Waals surface area contributed by atoms with E-state index < -0.39 is 0 Å². The Hall–Kier alpha value is -3.42. The van der Waals surface area contributed by atoms with Gasteiger partial charge in [-0.15, -0.1) is 0 Å². The van der Waals surface area contributed by atoms with E-state index in [-0.39, 0.29) is 17.7 Å². The first-order chi connectivity index (χ1) is 14.6. The maximum absolute atomic E-state index is 12.6. The third kappa shape index (κ3) is 4.76. The molecule has 8 nitrogen and oxygen atoms in total. The number of nitrogens with one attached hydrogen (secondary N) is 1. The topological polar surface area (TPSA) is 101 Å². The molecule has 1 aliphatic heterocycles. The van der Waals surface area contributed by atoms with Crippen molar-refractivity contribution in [2.45, 2.75) is 32.6 Å². The van der Waals surface area contributed by atoms with Crippen LogP contribution in [0.2, 0.25) is 0 Å². The normalized spacial score (nSPS) is 14.6.